The minimum absolute atomic E-state index is 0.192. The molecule has 0 saturated carbocycles. The number of aliphatic hydroxyl groups excluding tert-OH is 1. The second-order valence-corrected chi connectivity index (χ2v) is 3.82. The predicted molar refractivity (Wildman–Crippen MR) is 63.4 cm³/mol. The van der Waals surface area contributed by atoms with E-state index in [2.05, 4.69) is 10.1 Å². The molecule has 0 bridgehead atoms. The minimum Gasteiger partial charge on any atom is -0.391 e. The summed E-state index contributed by atoms with van der Waals surface area (Å²) in [5, 5.41) is 13.5. The molecule has 0 aliphatic rings. The van der Waals surface area contributed by atoms with Crippen molar-refractivity contribution in [2.24, 2.45) is 0 Å². The lowest BCUT2D eigenvalue weighted by Gasteiger charge is -2.08. The van der Waals surface area contributed by atoms with E-state index in [9.17, 15) is 9.90 Å². The maximum atomic E-state index is 11.5. The number of rotatable bonds is 3. The molecule has 0 spiro atoms. The Hall–Kier alpha value is -2.01. The van der Waals surface area contributed by atoms with Crippen LogP contribution in [0.25, 0.3) is 11.3 Å². The zero-order valence-corrected chi connectivity index (χ0v) is 9.45. The van der Waals surface area contributed by atoms with Gasteiger partial charge in [-0.2, -0.15) is 5.10 Å². The fraction of sp³-hybridized carbons (Fsp3) is 0.250. The average Bonchev–Trinajstić information content (AvgIpc) is 2.32. The van der Waals surface area contributed by atoms with Gasteiger partial charge in [0.05, 0.1) is 18.3 Å². The molecule has 2 heterocycles. The average molecular weight is 231 g/mol. The summed E-state index contributed by atoms with van der Waals surface area (Å²) in [5.74, 6) is 0. The molecule has 0 aromatic carbocycles. The highest BCUT2D eigenvalue weighted by Crippen LogP contribution is 2.12. The van der Waals surface area contributed by atoms with Crippen molar-refractivity contribution in [1.29, 1.82) is 0 Å². The van der Waals surface area contributed by atoms with Crippen LogP contribution in [0.2, 0.25) is 0 Å². The number of nitrogens with zero attached hydrogens (tertiary/aromatic N) is 3. The molecule has 2 rings (SSSR count). The molecule has 0 amide bonds. The topological polar surface area (TPSA) is 68.0 Å². The van der Waals surface area contributed by atoms with Crippen molar-refractivity contribution < 1.29 is 5.11 Å². The zero-order chi connectivity index (χ0) is 12.3. The first kappa shape index (κ1) is 11.5. The molecule has 17 heavy (non-hydrogen) atoms. The lowest BCUT2D eigenvalue weighted by atomic mass is 10.2. The van der Waals surface area contributed by atoms with E-state index < -0.39 is 6.10 Å². The van der Waals surface area contributed by atoms with Gasteiger partial charge in [0.2, 0.25) is 0 Å². The van der Waals surface area contributed by atoms with Gasteiger partial charge >= 0.3 is 0 Å². The van der Waals surface area contributed by atoms with Gasteiger partial charge in [-0.15, -0.1) is 0 Å². The number of hydrogen-bond donors (Lipinski definition) is 1. The van der Waals surface area contributed by atoms with Crippen LogP contribution in [0.15, 0.2) is 41.5 Å². The van der Waals surface area contributed by atoms with Crippen LogP contribution in [0.3, 0.4) is 0 Å². The molecule has 88 valence electrons. The van der Waals surface area contributed by atoms with Gasteiger partial charge in [-0.25, -0.2) is 4.68 Å². The fourth-order valence-corrected chi connectivity index (χ4v) is 1.51. The van der Waals surface area contributed by atoms with E-state index in [1.165, 1.54) is 10.7 Å². The molecule has 2 aromatic rings. The first-order chi connectivity index (χ1) is 8.16. The van der Waals surface area contributed by atoms with Crippen LogP contribution in [0.5, 0.6) is 0 Å². The van der Waals surface area contributed by atoms with Gasteiger partial charge < -0.3 is 5.11 Å². The van der Waals surface area contributed by atoms with Gasteiger partial charge in [0, 0.05) is 24.0 Å². The summed E-state index contributed by atoms with van der Waals surface area (Å²) in [6.07, 6.45) is 2.73. The van der Waals surface area contributed by atoms with Crippen molar-refractivity contribution in [3.63, 3.8) is 0 Å². The van der Waals surface area contributed by atoms with Crippen molar-refractivity contribution in [3.05, 3.63) is 47.0 Å². The van der Waals surface area contributed by atoms with Crippen LogP contribution in [0, 0.1) is 0 Å². The number of aromatic nitrogens is 3. The van der Waals surface area contributed by atoms with Crippen molar-refractivity contribution in [1.82, 2.24) is 14.8 Å². The molecule has 0 aliphatic carbocycles. The monoisotopic (exact) mass is 231 g/mol. The largest absolute Gasteiger partial charge is 0.391 e. The summed E-state index contributed by atoms with van der Waals surface area (Å²) in [6.45, 7) is 1.81. The van der Waals surface area contributed by atoms with E-state index in [-0.39, 0.29) is 12.1 Å². The van der Waals surface area contributed by atoms with Crippen LogP contribution in [-0.4, -0.2) is 26.0 Å². The van der Waals surface area contributed by atoms with Gasteiger partial charge in [0.15, 0.2) is 0 Å². The Labute approximate surface area is 98.4 Å². The van der Waals surface area contributed by atoms with Gasteiger partial charge in [-0.05, 0) is 25.1 Å². The molecule has 0 aliphatic heterocycles. The highest BCUT2D eigenvalue weighted by Gasteiger charge is 2.05. The number of pyridine rings is 1. The first-order valence-electron chi connectivity index (χ1n) is 5.33. The van der Waals surface area contributed by atoms with Crippen molar-refractivity contribution >= 4 is 0 Å². The molecule has 2 aromatic heterocycles. The molecule has 0 saturated heterocycles. The highest BCUT2D eigenvalue weighted by molar-refractivity contribution is 5.56. The summed E-state index contributed by atoms with van der Waals surface area (Å²) in [4.78, 5) is 15.4. The smallest absolute Gasteiger partial charge is 0.266 e. The van der Waals surface area contributed by atoms with Gasteiger partial charge in [-0.1, -0.05) is 0 Å². The first-order valence-corrected chi connectivity index (χ1v) is 5.33. The van der Waals surface area contributed by atoms with Crippen LogP contribution in [0.4, 0.5) is 0 Å². The normalized spacial score (nSPS) is 12.4. The predicted octanol–water partition coefficient (Wildman–Crippen LogP) is 0.686. The summed E-state index contributed by atoms with van der Waals surface area (Å²) < 4.78 is 1.26. The molecule has 1 unspecified atom stereocenters. The Bertz CT molecular complexity index is 549. The highest BCUT2D eigenvalue weighted by atomic mass is 16.3. The van der Waals surface area contributed by atoms with Gasteiger partial charge in [0.1, 0.15) is 0 Å². The standard InChI is InChI=1S/C12H13N3O2/c1-9(16)8-15-12(17)3-2-11(14-15)10-4-6-13-7-5-10/h2-7,9,16H,8H2,1H3. The second-order valence-electron chi connectivity index (χ2n) is 3.82. The molecule has 5 nitrogen and oxygen atoms in total. The van der Waals surface area contributed by atoms with E-state index in [4.69, 9.17) is 0 Å². The molecule has 0 fully saturated rings. The van der Waals surface area contributed by atoms with E-state index in [1.54, 1.807) is 25.4 Å². The van der Waals surface area contributed by atoms with Crippen molar-refractivity contribution in [2.45, 2.75) is 19.6 Å². The van der Waals surface area contributed by atoms with Crippen LogP contribution in [-0.2, 0) is 6.54 Å². The van der Waals surface area contributed by atoms with Crippen LogP contribution >= 0.6 is 0 Å². The summed E-state index contributed by atoms with van der Waals surface area (Å²) in [6, 6.07) is 6.75. The molecule has 5 heteroatoms. The lowest BCUT2D eigenvalue weighted by Crippen LogP contribution is -2.27. The van der Waals surface area contributed by atoms with E-state index in [1.807, 2.05) is 12.1 Å². The van der Waals surface area contributed by atoms with E-state index in [0.717, 1.165) is 5.56 Å². The van der Waals surface area contributed by atoms with E-state index in [0.29, 0.717) is 5.69 Å². The maximum absolute atomic E-state index is 11.5. The third-order valence-electron chi connectivity index (χ3n) is 2.28. The Balaban J connectivity index is 2.41. The minimum atomic E-state index is -0.604. The number of hydrogen-bond acceptors (Lipinski definition) is 4. The molecular formula is C12H13N3O2. The second kappa shape index (κ2) is 4.88. The van der Waals surface area contributed by atoms with Crippen molar-refractivity contribution in [3.8, 4) is 11.3 Å². The summed E-state index contributed by atoms with van der Waals surface area (Å²) >= 11 is 0. The third kappa shape index (κ3) is 2.76. The molecule has 0 radical (unpaired) electrons. The summed E-state index contributed by atoms with van der Waals surface area (Å²) in [5.41, 5.74) is 1.36. The lowest BCUT2D eigenvalue weighted by molar-refractivity contribution is 0.166. The Morgan fingerprint density at radius 1 is 1.29 bits per heavy atom. The Kier molecular flexibility index (Phi) is 3.30. The SMILES string of the molecule is CC(O)Cn1nc(-c2ccncc2)ccc1=O. The molecule has 1 atom stereocenters. The summed E-state index contributed by atoms with van der Waals surface area (Å²) in [7, 11) is 0. The van der Waals surface area contributed by atoms with Crippen LogP contribution < -0.4 is 5.56 Å². The zero-order valence-electron chi connectivity index (χ0n) is 9.45. The molecular weight excluding hydrogens is 218 g/mol. The third-order valence-corrected chi connectivity index (χ3v) is 2.28. The fourth-order valence-electron chi connectivity index (χ4n) is 1.51. The maximum Gasteiger partial charge on any atom is 0.266 e. The van der Waals surface area contributed by atoms with Gasteiger partial charge in [-0.3, -0.25) is 9.78 Å². The van der Waals surface area contributed by atoms with E-state index >= 15 is 0 Å². The van der Waals surface area contributed by atoms with Gasteiger partial charge in [0.25, 0.3) is 5.56 Å². The van der Waals surface area contributed by atoms with Crippen molar-refractivity contribution in [2.75, 3.05) is 0 Å². The number of aliphatic hydroxyl groups is 1. The quantitative estimate of drug-likeness (QED) is 0.843. The van der Waals surface area contributed by atoms with Crippen LogP contribution in [0.1, 0.15) is 6.92 Å². The molecule has 1 N–H and O–H groups in total. The Morgan fingerprint density at radius 2 is 2.00 bits per heavy atom. The Morgan fingerprint density at radius 3 is 2.65 bits per heavy atom.